The van der Waals surface area contributed by atoms with Gasteiger partial charge in [0.2, 0.25) is 10.0 Å². The number of methoxy groups -OCH3 is 1. The summed E-state index contributed by atoms with van der Waals surface area (Å²) < 4.78 is 30.4. The minimum absolute atomic E-state index is 0.0303. The van der Waals surface area contributed by atoms with Crippen LogP contribution in [-0.2, 0) is 26.0 Å². The van der Waals surface area contributed by atoms with Crippen molar-refractivity contribution in [2.45, 2.75) is 13.3 Å². The first-order valence-electron chi connectivity index (χ1n) is 6.39. The molecule has 0 bridgehead atoms. The van der Waals surface area contributed by atoms with Crippen molar-refractivity contribution < 1.29 is 17.9 Å². The highest BCUT2D eigenvalue weighted by atomic mass is 32.2. The molecule has 1 aromatic rings. The molecule has 1 N–H and O–H groups in total. The number of amides is 1. The van der Waals surface area contributed by atoms with Crippen LogP contribution in [0.2, 0.25) is 0 Å². The van der Waals surface area contributed by atoms with Crippen molar-refractivity contribution in [1.29, 1.82) is 0 Å². The van der Waals surface area contributed by atoms with Crippen molar-refractivity contribution in [3.63, 3.8) is 0 Å². The van der Waals surface area contributed by atoms with Gasteiger partial charge in [0.25, 0.3) is 5.91 Å². The third kappa shape index (κ3) is 3.10. The topological polar surface area (TPSA) is 75.7 Å². The Labute approximate surface area is 118 Å². The predicted octanol–water partition coefficient (Wildman–Crippen LogP) is 0.984. The molecule has 7 heteroatoms. The first-order chi connectivity index (χ1) is 9.46. The fraction of sp³-hybridized carbons (Fsp3) is 0.462. The van der Waals surface area contributed by atoms with Gasteiger partial charge in [0, 0.05) is 25.0 Å². The molecular weight excluding hydrogens is 280 g/mol. The van der Waals surface area contributed by atoms with Crippen LogP contribution in [0.15, 0.2) is 18.2 Å². The SMILES string of the molecule is CCS(=O)(=O)Nc1ccc2c(c1)CCN2C(=O)COC. The van der Waals surface area contributed by atoms with E-state index in [1.165, 1.54) is 7.11 Å². The molecule has 2 rings (SSSR count). The van der Waals surface area contributed by atoms with Gasteiger partial charge in [-0.3, -0.25) is 9.52 Å². The number of nitrogens with zero attached hydrogens (tertiary/aromatic N) is 1. The number of benzene rings is 1. The maximum Gasteiger partial charge on any atom is 0.252 e. The number of ether oxygens (including phenoxy) is 1. The van der Waals surface area contributed by atoms with Crippen LogP contribution in [0.1, 0.15) is 12.5 Å². The number of hydrogen-bond acceptors (Lipinski definition) is 4. The highest BCUT2D eigenvalue weighted by Crippen LogP contribution is 2.30. The summed E-state index contributed by atoms with van der Waals surface area (Å²) >= 11 is 0. The largest absolute Gasteiger partial charge is 0.375 e. The Balaban J connectivity index is 2.21. The molecule has 0 aromatic heterocycles. The molecule has 1 heterocycles. The first-order valence-corrected chi connectivity index (χ1v) is 8.05. The smallest absolute Gasteiger partial charge is 0.252 e. The average molecular weight is 298 g/mol. The van der Waals surface area contributed by atoms with Gasteiger partial charge in [0.05, 0.1) is 5.75 Å². The Morgan fingerprint density at radius 1 is 1.45 bits per heavy atom. The lowest BCUT2D eigenvalue weighted by molar-refractivity contribution is -0.122. The summed E-state index contributed by atoms with van der Waals surface area (Å²) in [4.78, 5) is 13.5. The van der Waals surface area contributed by atoms with Gasteiger partial charge in [-0.25, -0.2) is 8.42 Å². The predicted molar refractivity (Wildman–Crippen MR) is 77.5 cm³/mol. The average Bonchev–Trinajstić information content (AvgIpc) is 2.81. The van der Waals surface area contributed by atoms with Crippen molar-refractivity contribution in [2.75, 3.05) is 35.6 Å². The standard InChI is InChI=1S/C13H18N2O4S/c1-3-20(17,18)14-11-4-5-12-10(8-11)6-7-15(12)13(16)9-19-2/h4-5,8,14H,3,6-7,9H2,1-2H3. The van der Waals surface area contributed by atoms with Crippen LogP contribution < -0.4 is 9.62 Å². The van der Waals surface area contributed by atoms with Gasteiger partial charge in [-0.15, -0.1) is 0 Å². The van der Waals surface area contributed by atoms with E-state index in [4.69, 9.17) is 4.74 Å². The van der Waals surface area contributed by atoms with Gasteiger partial charge in [-0.05, 0) is 37.1 Å². The van der Waals surface area contributed by atoms with E-state index in [0.717, 1.165) is 11.3 Å². The third-order valence-corrected chi connectivity index (χ3v) is 4.50. The number of carbonyl (C=O) groups excluding carboxylic acids is 1. The summed E-state index contributed by atoms with van der Waals surface area (Å²) in [5.74, 6) is -0.0594. The second-order valence-corrected chi connectivity index (χ2v) is 6.59. The number of hydrogen-bond donors (Lipinski definition) is 1. The van der Waals surface area contributed by atoms with E-state index >= 15 is 0 Å². The Kier molecular flexibility index (Phi) is 4.29. The molecule has 1 aliphatic heterocycles. The molecule has 1 aliphatic rings. The molecule has 20 heavy (non-hydrogen) atoms. The first kappa shape index (κ1) is 14.8. The molecule has 0 unspecified atom stereocenters. The highest BCUT2D eigenvalue weighted by molar-refractivity contribution is 7.92. The molecule has 6 nitrogen and oxygen atoms in total. The molecule has 0 saturated heterocycles. The van der Waals surface area contributed by atoms with Gasteiger partial charge in [0.15, 0.2) is 0 Å². The van der Waals surface area contributed by atoms with Gasteiger partial charge in [0.1, 0.15) is 6.61 Å². The van der Waals surface area contributed by atoms with Crippen molar-refractivity contribution in [3.8, 4) is 0 Å². The Morgan fingerprint density at radius 2 is 2.20 bits per heavy atom. The summed E-state index contributed by atoms with van der Waals surface area (Å²) in [5.41, 5.74) is 2.32. The van der Waals surface area contributed by atoms with E-state index < -0.39 is 10.0 Å². The number of rotatable bonds is 5. The van der Waals surface area contributed by atoms with Crippen LogP contribution >= 0.6 is 0 Å². The quantitative estimate of drug-likeness (QED) is 0.879. The van der Waals surface area contributed by atoms with Gasteiger partial charge < -0.3 is 9.64 Å². The third-order valence-electron chi connectivity index (χ3n) is 3.20. The van der Waals surface area contributed by atoms with E-state index in [1.54, 1.807) is 30.0 Å². The Morgan fingerprint density at radius 3 is 2.85 bits per heavy atom. The second kappa shape index (κ2) is 5.80. The molecule has 0 atom stereocenters. The zero-order valence-corrected chi connectivity index (χ0v) is 12.4. The van der Waals surface area contributed by atoms with Crippen LogP contribution in [0.25, 0.3) is 0 Å². The second-order valence-electron chi connectivity index (χ2n) is 4.58. The fourth-order valence-electron chi connectivity index (χ4n) is 2.18. The van der Waals surface area contributed by atoms with Gasteiger partial charge in [-0.1, -0.05) is 0 Å². The van der Waals surface area contributed by atoms with Crippen LogP contribution in [0.3, 0.4) is 0 Å². The number of fused-ring (bicyclic) bond motifs is 1. The van der Waals surface area contributed by atoms with Gasteiger partial charge in [-0.2, -0.15) is 0 Å². The normalized spacial score (nSPS) is 14.2. The lowest BCUT2D eigenvalue weighted by Crippen LogP contribution is -2.31. The molecule has 1 amide bonds. The molecule has 0 spiro atoms. The van der Waals surface area contributed by atoms with E-state index in [-0.39, 0.29) is 18.3 Å². The minimum atomic E-state index is -3.28. The monoisotopic (exact) mass is 298 g/mol. The van der Waals surface area contributed by atoms with Crippen molar-refractivity contribution in [3.05, 3.63) is 23.8 Å². The molecule has 110 valence electrons. The number of carbonyl (C=O) groups is 1. The number of nitrogens with one attached hydrogen (secondary N) is 1. The number of sulfonamides is 1. The molecule has 0 aliphatic carbocycles. The molecule has 1 aromatic carbocycles. The number of anilines is 2. The zero-order valence-electron chi connectivity index (χ0n) is 11.5. The van der Waals surface area contributed by atoms with E-state index in [0.29, 0.717) is 18.7 Å². The van der Waals surface area contributed by atoms with E-state index in [1.807, 2.05) is 0 Å². The maximum absolute atomic E-state index is 11.9. The molecule has 0 saturated carbocycles. The Hall–Kier alpha value is -1.60. The summed E-state index contributed by atoms with van der Waals surface area (Å²) in [6, 6.07) is 5.22. The van der Waals surface area contributed by atoms with Crippen LogP contribution in [0.5, 0.6) is 0 Å². The lowest BCUT2D eigenvalue weighted by Gasteiger charge is -2.17. The fourth-order valence-corrected chi connectivity index (χ4v) is 2.81. The van der Waals surface area contributed by atoms with Crippen molar-refractivity contribution in [1.82, 2.24) is 0 Å². The van der Waals surface area contributed by atoms with Crippen LogP contribution in [0.4, 0.5) is 11.4 Å². The van der Waals surface area contributed by atoms with Crippen LogP contribution in [-0.4, -0.2) is 40.3 Å². The van der Waals surface area contributed by atoms with Crippen molar-refractivity contribution >= 4 is 27.3 Å². The van der Waals surface area contributed by atoms with Crippen LogP contribution in [0, 0.1) is 0 Å². The van der Waals surface area contributed by atoms with Crippen molar-refractivity contribution in [2.24, 2.45) is 0 Å². The Bertz CT molecular complexity index is 613. The lowest BCUT2D eigenvalue weighted by atomic mass is 10.1. The summed E-state index contributed by atoms with van der Waals surface area (Å²) in [5, 5.41) is 0. The summed E-state index contributed by atoms with van der Waals surface area (Å²) in [6.07, 6.45) is 0.715. The summed E-state index contributed by atoms with van der Waals surface area (Å²) in [6.45, 7) is 2.23. The van der Waals surface area contributed by atoms with E-state index in [9.17, 15) is 13.2 Å². The zero-order chi connectivity index (χ0) is 14.8. The molecule has 0 fully saturated rings. The van der Waals surface area contributed by atoms with Gasteiger partial charge >= 0.3 is 0 Å². The van der Waals surface area contributed by atoms with E-state index in [2.05, 4.69) is 4.72 Å². The minimum Gasteiger partial charge on any atom is -0.375 e. The molecular formula is C13H18N2O4S. The molecule has 0 radical (unpaired) electrons. The highest BCUT2D eigenvalue weighted by Gasteiger charge is 2.24. The maximum atomic E-state index is 11.9. The summed E-state index contributed by atoms with van der Waals surface area (Å²) in [7, 11) is -1.80.